The Morgan fingerprint density at radius 1 is 0.880 bits per heavy atom. The maximum atomic E-state index is 12.6. The van der Waals surface area contributed by atoms with E-state index in [9.17, 15) is 34.5 Å². The minimum Gasteiger partial charge on any atom is -0.441 e. The zero-order chi connectivity index (χ0) is 19.8. The van der Waals surface area contributed by atoms with Crippen LogP contribution in [-0.4, -0.2) is 86.6 Å². The second-order valence-corrected chi connectivity index (χ2v) is 6.25. The van der Waals surface area contributed by atoms with Crippen molar-refractivity contribution in [2.45, 2.75) is 11.7 Å². The summed E-state index contributed by atoms with van der Waals surface area (Å²) >= 11 is 14.9. The maximum Gasteiger partial charge on any atom is 0.317 e. The molecule has 12 heteroatoms. The molecule has 8 nitrogen and oxygen atoms in total. The van der Waals surface area contributed by atoms with Crippen LogP contribution in [0.1, 0.15) is 0 Å². The zero-order valence-electron chi connectivity index (χ0n) is 13.0. The number of ether oxygens (including phenoxy) is 1. The quantitative estimate of drug-likeness (QED) is 0.107. The molecular weight excluding hydrogens is 412 g/mol. The van der Waals surface area contributed by atoms with Gasteiger partial charge in [-0.3, -0.25) is 19.2 Å². The molecule has 1 unspecified atom stereocenters. The van der Waals surface area contributed by atoms with E-state index in [2.05, 4.69) is 50.5 Å². The topological polar surface area (TPSA) is 138 Å². The van der Waals surface area contributed by atoms with Crippen LogP contribution in [0, 0.1) is 5.41 Å². The summed E-state index contributed by atoms with van der Waals surface area (Å²) in [6.45, 7) is -2.54. The number of aliphatic hydroxyl groups excluding tert-OH is 3. The van der Waals surface area contributed by atoms with E-state index in [1.165, 1.54) is 0 Å². The first-order chi connectivity index (χ1) is 11.7. The molecule has 25 heavy (non-hydrogen) atoms. The number of Topliss-reactive ketones (excluding diaryl/α,β-unsaturated/α-hetero) is 3. The molecular formula is C13H20O8S4. The number of rotatable bonds is 12. The SMILES string of the molecule is O=C(CS)OC(C(=O)CS)(C(=O)CS)C(CO)(CO)C(=O)C(O)CS. The average Bonchev–Trinajstić information content (AvgIpc) is 2.65. The lowest BCUT2D eigenvalue weighted by atomic mass is 9.64. The molecule has 0 fully saturated rings. The summed E-state index contributed by atoms with van der Waals surface area (Å²) in [7, 11) is 0. The molecule has 0 aromatic heterocycles. The van der Waals surface area contributed by atoms with E-state index in [0.717, 1.165) is 0 Å². The van der Waals surface area contributed by atoms with Crippen molar-refractivity contribution in [3.63, 3.8) is 0 Å². The van der Waals surface area contributed by atoms with Gasteiger partial charge in [-0.25, -0.2) is 0 Å². The Hall–Kier alpha value is -0.240. The highest BCUT2D eigenvalue weighted by Gasteiger charge is 2.67. The van der Waals surface area contributed by atoms with Crippen molar-refractivity contribution in [1.82, 2.24) is 0 Å². The number of hydrogen-bond donors (Lipinski definition) is 7. The van der Waals surface area contributed by atoms with Crippen molar-refractivity contribution < 1.29 is 39.2 Å². The van der Waals surface area contributed by atoms with Gasteiger partial charge in [-0.1, -0.05) is 0 Å². The first-order valence-corrected chi connectivity index (χ1v) is 9.37. The number of hydrogen-bond acceptors (Lipinski definition) is 12. The number of ketones is 3. The third-order valence-corrected chi connectivity index (χ3v) is 4.81. The van der Waals surface area contributed by atoms with E-state index in [0.29, 0.717) is 0 Å². The summed E-state index contributed by atoms with van der Waals surface area (Å²) in [6.07, 6.45) is -1.85. The van der Waals surface area contributed by atoms with Gasteiger partial charge in [0.15, 0.2) is 17.3 Å². The van der Waals surface area contributed by atoms with E-state index in [1.807, 2.05) is 0 Å². The fraction of sp³-hybridized carbons (Fsp3) is 0.692. The molecule has 1 atom stereocenters. The lowest BCUT2D eigenvalue weighted by molar-refractivity contribution is -0.197. The Morgan fingerprint density at radius 3 is 1.60 bits per heavy atom. The molecule has 0 aliphatic heterocycles. The van der Waals surface area contributed by atoms with E-state index >= 15 is 0 Å². The van der Waals surface area contributed by atoms with Gasteiger partial charge in [-0.15, -0.1) is 0 Å². The maximum absolute atomic E-state index is 12.6. The molecule has 0 aliphatic rings. The number of carbonyl (C=O) groups excluding carboxylic acids is 4. The molecule has 0 aromatic carbocycles. The van der Waals surface area contributed by atoms with Gasteiger partial charge >= 0.3 is 5.97 Å². The molecule has 0 aliphatic carbocycles. The van der Waals surface area contributed by atoms with Gasteiger partial charge in [0.25, 0.3) is 0 Å². The first kappa shape index (κ1) is 24.8. The van der Waals surface area contributed by atoms with Crippen molar-refractivity contribution in [1.29, 1.82) is 0 Å². The highest BCUT2D eigenvalue weighted by molar-refractivity contribution is 7.81. The third kappa shape index (κ3) is 4.54. The van der Waals surface area contributed by atoms with Crippen molar-refractivity contribution in [3.05, 3.63) is 0 Å². The molecule has 0 amide bonds. The molecule has 0 saturated heterocycles. The van der Waals surface area contributed by atoms with Crippen LogP contribution < -0.4 is 0 Å². The largest absolute Gasteiger partial charge is 0.441 e. The van der Waals surface area contributed by atoms with E-state index < -0.39 is 76.7 Å². The van der Waals surface area contributed by atoms with Gasteiger partial charge in [0.05, 0.1) is 30.5 Å². The van der Waals surface area contributed by atoms with Crippen molar-refractivity contribution in [2.75, 3.05) is 36.2 Å². The van der Waals surface area contributed by atoms with Crippen molar-refractivity contribution in [2.24, 2.45) is 5.41 Å². The number of carbonyl (C=O) groups is 4. The summed E-state index contributed by atoms with van der Waals surface area (Å²) in [6, 6.07) is 0. The molecule has 3 N–H and O–H groups in total. The Bertz CT molecular complexity index is 504. The fourth-order valence-corrected chi connectivity index (χ4v) is 3.01. The summed E-state index contributed by atoms with van der Waals surface area (Å²) in [5.41, 5.74) is -5.56. The molecule has 0 saturated carbocycles. The smallest absolute Gasteiger partial charge is 0.317 e. The van der Waals surface area contributed by atoms with Crippen LogP contribution in [0.3, 0.4) is 0 Å². The van der Waals surface area contributed by atoms with Gasteiger partial charge in [-0.2, -0.15) is 50.5 Å². The summed E-state index contributed by atoms with van der Waals surface area (Å²) < 4.78 is 4.97. The average molecular weight is 433 g/mol. The Kier molecular flexibility index (Phi) is 10.7. The second kappa shape index (κ2) is 10.8. The van der Waals surface area contributed by atoms with E-state index in [-0.39, 0.29) is 0 Å². The second-order valence-electron chi connectivity index (χ2n) is 4.94. The van der Waals surface area contributed by atoms with Crippen LogP contribution in [0.25, 0.3) is 0 Å². The molecule has 0 radical (unpaired) electrons. The van der Waals surface area contributed by atoms with Crippen molar-refractivity contribution in [3.8, 4) is 0 Å². The van der Waals surface area contributed by atoms with Crippen molar-refractivity contribution >= 4 is 73.8 Å². The van der Waals surface area contributed by atoms with Gasteiger partial charge < -0.3 is 20.1 Å². The van der Waals surface area contributed by atoms with Gasteiger partial charge in [0.2, 0.25) is 5.60 Å². The van der Waals surface area contributed by atoms with Crippen LogP contribution in [0.4, 0.5) is 0 Å². The lowest BCUT2D eigenvalue weighted by Crippen LogP contribution is -2.70. The molecule has 0 aromatic rings. The van der Waals surface area contributed by atoms with Crippen LogP contribution in [-0.2, 0) is 23.9 Å². The monoisotopic (exact) mass is 432 g/mol. The summed E-state index contributed by atoms with van der Waals surface area (Å²) in [5.74, 6) is -7.08. The Morgan fingerprint density at radius 2 is 1.32 bits per heavy atom. The Labute approximate surface area is 166 Å². The van der Waals surface area contributed by atoms with E-state index in [1.54, 1.807) is 0 Å². The highest BCUT2D eigenvalue weighted by atomic mass is 32.1. The Balaban J connectivity index is 6.83. The predicted octanol–water partition coefficient (Wildman–Crippen LogP) is -1.97. The lowest BCUT2D eigenvalue weighted by Gasteiger charge is -2.44. The number of thiol groups is 4. The van der Waals surface area contributed by atoms with E-state index in [4.69, 9.17) is 4.74 Å². The summed E-state index contributed by atoms with van der Waals surface area (Å²) in [5, 5.41) is 29.5. The van der Waals surface area contributed by atoms with Crippen LogP contribution in [0.15, 0.2) is 0 Å². The van der Waals surface area contributed by atoms with Gasteiger partial charge in [0.1, 0.15) is 11.5 Å². The third-order valence-electron chi connectivity index (χ3n) is 3.63. The number of aliphatic hydroxyl groups is 3. The van der Waals surface area contributed by atoms with Gasteiger partial charge in [0, 0.05) is 5.75 Å². The van der Waals surface area contributed by atoms with Crippen LogP contribution in [0.2, 0.25) is 0 Å². The van der Waals surface area contributed by atoms with Crippen LogP contribution in [0.5, 0.6) is 0 Å². The molecule has 0 heterocycles. The minimum atomic E-state index is -2.92. The number of esters is 1. The normalized spacial score (nSPS) is 13.2. The predicted molar refractivity (Wildman–Crippen MR) is 102 cm³/mol. The minimum absolute atomic E-state index is 0.429. The first-order valence-electron chi connectivity index (χ1n) is 6.85. The fourth-order valence-electron chi connectivity index (χ4n) is 2.33. The van der Waals surface area contributed by atoms with Gasteiger partial charge in [-0.05, 0) is 0 Å². The highest BCUT2D eigenvalue weighted by Crippen LogP contribution is 2.39. The molecule has 0 rings (SSSR count). The standard InChI is InChI=1S/C13H20O8S4/c14-5-12(6-15,11(20)7(16)1-22)13(8(17)2-23,9(18)3-24)21-10(19)4-25/h7,14-16,22-25H,1-6H2. The zero-order valence-corrected chi connectivity index (χ0v) is 16.6. The van der Waals surface area contributed by atoms with Crippen LogP contribution >= 0.6 is 50.5 Å². The molecule has 0 bridgehead atoms. The summed E-state index contributed by atoms with van der Waals surface area (Å²) in [4.78, 5) is 49.5. The molecule has 144 valence electrons. The molecule has 0 spiro atoms.